The van der Waals surface area contributed by atoms with Crippen molar-refractivity contribution in [3.8, 4) is 0 Å². The van der Waals surface area contributed by atoms with Crippen molar-refractivity contribution in [2.75, 3.05) is 19.7 Å². The van der Waals surface area contributed by atoms with Gasteiger partial charge in [0.05, 0.1) is 6.10 Å². The molecular formula is C13H22N2O4. The van der Waals surface area contributed by atoms with Gasteiger partial charge in [0.15, 0.2) is 0 Å². The number of nitrogens with zero attached hydrogens (tertiary/aromatic N) is 1. The minimum Gasteiger partial charge on any atom is -0.480 e. The highest BCUT2D eigenvalue weighted by atomic mass is 16.5. The third kappa shape index (κ3) is 4.90. The molecule has 0 radical (unpaired) electrons. The molecule has 1 aliphatic rings. The normalized spacial score (nSPS) is 17.8. The van der Waals surface area contributed by atoms with Crippen molar-refractivity contribution < 1.29 is 19.4 Å². The fourth-order valence-electron chi connectivity index (χ4n) is 2.09. The molecule has 0 saturated carbocycles. The Morgan fingerprint density at radius 2 is 2.16 bits per heavy atom. The molecule has 0 spiro atoms. The molecule has 0 bridgehead atoms. The molecule has 1 unspecified atom stereocenters. The summed E-state index contributed by atoms with van der Waals surface area (Å²) in [7, 11) is 0. The number of aliphatic carboxylic acids is 1. The molecule has 1 rings (SSSR count). The SMILES string of the molecule is C=CCC(NC(=O)N1CCC(OCC)CC1)C(=O)O. The molecule has 0 aromatic heterocycles. The lowest BCUT2D eigenvalue weighted by Crippen LogP contribution is -2.50. The van der Waals surface area contributed by atoms with Crippen molar-refractivity contribution in [1.29, 1.82) is 0 Å². The Bertz CT molecular complexity index is 325. The summed E-state index contributed by atoms with van der Waals surface area (Å²) in [5.41, 5.74) is 0. The van der Waals surface area contributed by atoms with Crippen LogP contribution >= 0.6 is 0 Å². The highest BCUT2D eigenvalue weighted by molar-refractivity contribution is 5.82. The standard InChI is InChI=1S/C13H22N2O4/c1-3-5-11(12(16)17)14-13(18)15-8-6-10(7-9-15)19-4-2/h3,10-11H,1,4-9H2,2H3,(H,14,18)(H,16,17). The molecule has 1 fully saturated rings. The van der Waals surface area contributed by atoms with Crippen molar-refractivity contribution in [3.63, 3.8) is 0 Å². The van der Waals surface area contributed by atoms with Crippen LogP contribution in [0.1, 0.15) is 26.2 Å². The van der Waals surface area contributed by atoms with Gasteiger partial charge in [-0.1, -0.05) is 6.08 Å². The summed E-state index contributed by atoms with van der Waals surface area (Å²) >= 11 is 0. The topological polar surface area (TPSA) is 78.9 Å². The highest BCUT2D eigenvalue weighted by Crippen LogP contribution is 2.13. The van der Waals surface area contributed by atoms with Crippen molar-refractivity contribution in [2.45, 2.75) is 38.3 Å². The van der Waals surface area contributed by atoms with E-state index in [0.29, 0.717) is 19.7 Å². The second-order valence-electron chi connectivity index (χ2n) is 4.51. The maximum absolute atomic E-state index is 11.9. The molecule has 2 N–H and O–H groups in total. The molecule has 2 amide bonds. The minimum atomic E-state index is -1.04. The number of carboxylic acids is 1. The number of hydrogen-bond donors (Lipinski definition) is 2. The maximum atomic E-state index is 11.9. The molecule has 108 valence electrons. The van der Waals surface area contributed by atoms with Gasteiger partial charge in [0.2, 0.25) is 0 Å². The Morgan fingerprint density at radius 1 is 1.53 bits per heavy atom. The first-order valence-corrected chi connectivity index (χ1v) is 6.59. The Kier molecular flexibility index (Phi) is 6.35. The van der Waals surface area contributed by atoms with Crippen LogP contribution in [-0.2, 0) is 9.53 Å². The lowest BCUT2D eigenvalue weighted by molar-refractivity contribution is -0.139. The van der Waals surface area contributed by atoms with Crippen LogP contribution in [0.5, 0.6) is 0 Å². The Balaban J connectivity index is 2.42. The van der Waals surface area contributed by atoms with E-state index >= 15 is 0 Å². The van der Waals surface area contributed by atoms with Gasteiger partial charge in [-0.05, 0) is 26.2 Å². The molecule has 1 saturated heterocycles. The minimum absolute atomic E-state index is 0.206. The first kappa shape index (κ1) is 15.5. The number of carboxylic acid groups (broad SMARTS) is 1. The number of carbonyl (C=O) groups is 2. The average molecular weight is 270 g/mol. The molecule has 19 heavy (non-hydrogen) atoms. The number of piperidine rings is 1. The van der Waals surface area contributed by atoms with Gasteiger partial charge in [-0.25, -0.2) is 9.59 Å². The summed E-state index contributed by atoms with van der Waals surface area (Å²) in [6, 6.07) is -1.24. The van der Waals surface area contributed by atoms with Crippen LogP contribution in [0, 0.1) is 0 Å². The van der Waals surface area contributed by atoms with E-state index in [4.69, 9.17) is 9.84 Å². The van der Waals surface area contributed by atoms with Crippen molar-refractivity contribution in [3.05, 3.63) is 12.7 Å². The molecule has 0 aromatic rings. The molecular weight excluding hydrogens is 248 g/mol. The molecule has 6 nitrogen and oxygen atoms in total. The zero-order valence-electron chi connectivity index (χ0n) is 11.3. The number of hydrogen-bond acceptors (Lipinski definition) is 3. The van der Waals surface area contributed by atoms with Crippen LogP contribution in [0.4, 0.5) is 4.79 Å². The van der Waals surface area contributed by atoms with Gasteiger partial charge in [0, 0.05) is 19.7 Å². The molecule has 1 aliphatic heterocycles. The molecule has 0 aliphatic carbocycles. The first-order chi connectivity index (χ1) is 9.08. The van der Waals surface area contributed by atoms with E-state index in [1.165, 1.54) is 6.08 Å². The fraction of sp³-hybridized carbons (Fsp3) is 0.692. The number of amides is 2. The molecule has 1 atom stereocenters. The second kappa shape index (κ2) is 7.78. The summed E-state index contributed by atoms with van der Waals surface area (Å²) in [4.78, 5) is 24.5. The quantitative estimate of drug-likeness (QED) is 0.711. The number of rotatable bonds is 6. The monoisotopic (exact) mass is 270 g/mol. The highest BCUT2D eigenvalue weighted by Gasteiger charge is 2.26. The van der Waals surface area contributed by atoms with E-state index in [0.717, 1.165) is 12.8 Å². The van der Waals surface area contributed by atoms with Crippen LogP contribution in [-0.4, -0.2) is 53.8 Å². The van der Waals surface area contributed by atoms with Gasteiger partial charge in [-0.3, -0.25) is 0 Å². The van der Waals surface area contributed by atoms with E-state index in [-0.39, 0.29) is 18.6 Å². The van der Waals surface area contributed by atoms with Gasteiger partial charge in [0.1, 0.15) is 6.04 Å². The molecule has 1 heterocycles. The van der Waals surface area contributed by atoms with E-state index in [1.54, 1.807) is 4.90 Å². The average Bonchev–Trinajstić information content (AvgIpc) is 2.39. The van der Waals surface area contributed by atoms with Gasteiger partial charge in [0.25, 0.3) is 0 Å². The smallest absolute Gasteiger partial charge is 0.326 e. The van der Waals surface area contributed by atoms with E-state index in [1.807, 2.05) is 6.92 Å². The third-order valence-electron chi connectivity index (χ3n) is 3.13. The van der Waals surface area contributed by atoms with Crippen molar-refractivity contribution >= 4 is 12.0 Å². The van der Waals surface area contributed by atoms with Crippen molar-refractivity contribution in [2.24, 2.45) is 0 Å². The first-order valence-electron chi connectivity index (χ1n) is 6.59. The van der Waals surface area contributed by atoms with Gasteiger partial charge < -0.3 is 20.1 Å². The number of nitrogens with one attached hydrogen (secondary N) is 1. The Morgan fingerprint density at radius 3 is 2.63 bits per heavy atom. The summed E-state index contributed by atoms with van der Waals surface area (Å²) in [6.07, 6.45) is 3.50. The fourth-order valence-corrected chi connectivity index (χ4v) is 2.09. The van der Waals surface area contributed by atoms with Gasteiger partial charge in [-0.15, -0.1) is 6.58 Å². The lowest BCUT2D eigenvalue weighted by atomic mass is 10.1. The van der Waals surface area contributed by atoms with Gasteiger partial charge in [-0.2, -0.15) is 0 Å². The second-order valence-corrected chi connectivity index (χ2v) is 4.51. The Labute approximate surface area is 113 Å². The van der Waals surface area contributed by atoms with Crippen molar-refractivity contribution in [1.82, 2.24) is 10.2 Å². The zero-order valence-corrected chi connectivity index (χ0v) is 11.3. The summed E-state index contributed by atoms with van der Waals surface area (Å²) in [5.74, 6) is -1.04. The van der Waals surface area contributed by atoms with E-state index in [9.17, 15) is 9.59 Å². The van der Waals surface area contributed by atoms with Crippen LogP contribution in [0.15, 0.2) is 12.7 Å². The summed E-state index contributed by atoms with van der Waals surface area (Å²) in [6.45, 7) is 7.30. The number of likely N-dealkylation sites (tertiary alicyclic amines) is 1. The molecule has 6 heteroatoms. The summed E-state index contributed by atoms with van der Waals surface area (Å²) < 4.78 is 5.50. The van der Waals surface area contributed by atoms with Crippen LogP contribution in [0.2, 0.25) is 0 Å². The third-order valence-corrected chi connectivity index (χ3v) is 3.13. The predicted molar refractivity (Wildman–Crippen MR) is 71.0 cm³/mol. The number of carbonyl (C=O) groups excluding carboxylic acids is 1. The van der Waals surface area contributed by atoms with Crippen LogP contribution in [0.25, 0.3) is 0 Å². The van der Waals surface area contributed by atoms with Crippen LogP contribution < -0.4 is 5.32 Å². The van der Waals surface area contributed by atoms with E-state index in [2.05, 4.69) is 11.9 Å². The number of urea groups is 1. The predicted octanol–water partition coefficient (Wildman–Crippen LogP) is 1.23. The van der Waals surface area contributed by atoms with Gasteiger partial charge >= 0.3 is 12.0 Å². The maximum Gasteiger partial charge on any atom is 0.326 e. The van der Waals surface area contributed by atoms with Crippen LogP contribution in [0.3, 0.4) is 0 Å². The molecule has 0 aromatic carbocycles. The summed E-state index contributed by atoms with van der Waals surface area (Å²) in [5, 5.41) is 11.5. The largest absolute Gasteiger partial charge is 0.480 e. The Hall–Kier alpha value is -1.56. The van der Waals surface area contributed by atoms with E-state index < -0.39 is 12.0 Å². The number of ether oxygens (including phenoxy) is 1. The zero-order chi connectivity index (χ0) is 14.3. The lowest BCUT2D eigenvalue weighted by Gasteiger charge is -2.32.